The third-order valence-corrected chi connectivity index (χ3v) is 3.62. The SMILES string of the molecule is CC(=O)c1c(C)nc2c(c1-c1ccccc1N=O)C(=O)OC2. The van der Waals surface area contributed by atoms with E-state index in [1.54, 1.807) is 25.1 Å². The van der Waals surface area contributed by atoms with Gasteiger partial charge in [0.1, 0.15) is 12.3 Å². The molecular formula is C16H12N2O4. The number of pyridine rings is 1. The molecule has 2 heterocycles. The van der Waals surface area contributed by atoms with Crippen LogP contribution in [0.4, 0.5) is 5.69 Å². The van der Waals surface area contributed by atoms with Crippen molar-refractivity contribution in [2.24, 2.45) is 5.18 Å². The third-order valence-electron chi connectivity index (χ3n) is 3.62. The van der Waals surface area contributed by atoms with Crippen LogP contribution in [0.5, 0.6) is 0 Å². The molecule has 0 fully saturated rings. The van der Waals surface area contributed by atoms with Gasteiger partial charge in [-0.15, -0.1) is 4.91 Å². The van der Waals surface area contributed by atoms with Gasteiger partial charge in [0.2, 0.25) is 0 Å². The summed E-state index contributed by atoms with van der Waals surface area (Å²) in [5, 5.41) is 2.99. The van der Waals surface area contributed by atoms with Gasteiger partial charge in [0.25, 0.3) is 0 Å². The lowest BCUT2D eigenvalue weighted by molar-refractivity contribution is 0.0533. The Bertz CT molecular complexity index is 823. The third kappa shape index (κ3) is 2.00. The van der Waals surface area contributed by atoms with Crippen molar-refractivity contribution in [2.45, 2.75) is 20.5 Å². The summed E-state index contributed by atoms with van der Waals surface area (Å²) >= 11 is 0. The highest BCUT2D eigenvalue weighted by Crippen LogP contribution is 2.39. The zero-order valence-electron chi connectivity index (χ0n) is 12.0. The molecule has 22 heavy (non-hydrogen) atoms. The molecule has 0 saturated heterocycles. The maximum atomic E-state index is 12.1. The van der Waals surface area contributed by atoms with E-state index in [4.69, 9.17) is 4.74 Å². The first kappa shape index (κ1) is 14.1. The normalized spacial score (nSPS) is 12.7. The van der Waals surface area contributed by atoms with E-state index in [1.165, 1.54) is 13.0 Å². The molecule has 1 aliphatic heterocycles. The Morgan fingerprint density at radius 1 is 1.27 bits per heavy atom. The lowest BCUT2D eigenvalue weighted by Gasteiger charge is -2.14. The number of fused-ring (bicyclic) bond motifs is 1. The summed E-state index contributed by atoms with van der Waals surface area (Å²) in [5.74, 6) is -0.774. The average molecular weight is 296 g/mol. The number of ketones is 1. The van der Waals surface area contributed by atoms with Crippen molar-refractivity contribution in [3.8, 4) is 11.1 Å². The highest BCUT2D eigenvalue weighted by atomic mass is 16.5. The maximum Gasteiger partial charge on any atom is 0.341 e. The van der Waals surface area contributed by atoms with Crippen LogP contribution in [0, 0.1) is 11.8 Å². The fourth-order valence-corrected chi connectivity index (χ4v) is 2.76. The van der Waals surface area contributed by atoms with Gasteiger partial charge >= 0.3 is 5.97 Å². The fraction of sp³-hybridized carbons (Fsp3) is 0.188. The van der Waals surface area contributed by atoms with E-state index in [2.05, 4.69) is 10.2 Å². The molecule has 0 atom stereocenters. The molecule has 1 aromatic heterocycles. The molecule has 2 aromatic rings. The van der Waals surface area contributed by atoms with Crippen LogP contribution in [0.2, 0.25) is 0 Å². The van der Waals surface area contributed by atoms with Crippen LogP contribution in [0.15, 0.2) is 29.4 Å². The van der Waals surface area contributed by atoms with Gasteiger partial charge in [-0.2, -0.15) is 0 Å². The second kappa shape index (κ2) is 5.14. The van der Waals surface area contributed by atoms with E-state index in [-0.39, 0.29) is 23.6 Å². The second-order valence-electron chi connectivity index (χ2n) is 5.01. The Kier molecular flexibility index (Phi) is 3.29. The first-order valence-electron chi connectivity index (χ1n) is 6.69. The van der Waals surface area contributed by atoms with Crippen molar-refractivity contribution in [3.63, 3.8) is 0 Å². The van der Waals surface area contributed by atoms with Crippen LogP contribution < -0.4 is 0 Å². The summed E-state index contributed by atoms with van der Waals surface area (Å²) in [6.07, 6.45) is 0. The Labute approximate surface area is 126 Å². The van der Waals surface area contributed by atoms with Gasteiger partial charge in [0.05, 0.1) is 11.3 Å². The smallest absolute Gasteiger partial charge is 0.341 e. The van der Waals surface area contributed by atoms with Gasteiger partial charge in [-0.25, -0.2) is 4.79 Å². The minimum absolute atomic E-state index is 0.0663. The molecule has 3 rings (SSSR count). The van der Waals surface area contributed by atoms with E-state index in [1.807, 2.05) is 0 Å². The number of nitrogens with zero attached hydrogens (tertiary/aromatic N) is 2. The molecule has 6 heteroatoms. The Hall–Kier alpha value is -2.89. The number of hydrogen-bond acceptors (Lipinski definition) is 6. The van der Waals surface area contributed by atoms with Crippen molar-refractivity contribution >= 4 is 17.4 Å². The van der Waals surface area contributed by atoms with E-state index in [0.29, 0.717) is 28.1 Å². The fourth-order valence-electron chi connectivity index (χ4n) is 2.76. The largest absolute Gasteiger partial charge is 0.455 e. The second-order valence-corrected chi connectivity index (χ2v) is 5.01. The molecule has 0 spiro atoms. The number of nitroso groups, excluding NO2 is 1. The lowest BCUT2D eigenvalue weighted by atomic mass is 9.90. The van der Waals surface area contributed by atoms with Crippen molar-refractivity contribution in [1.82, 2.24) is 4.98 Å². The molecular weight excluding hydrogens is 284 g/mol. The van der Waals surface area contributed by atoms with Gasteiger partial charge in [-0.05, 0) is 25.1 Å². The molecule has 0 amide bonds. The van der Waals surface area contributed by atoms with Crippen molar-refractivity contribution < 1.29 is 14.3 Å². The topological polar surface area (TPSA) is 85.7 Å². The van der Waals surface area contributed by atoms with Crippen LogP contribution in [0.1, 0.15) is 39.0 Å². The minimum Gasteiger partial charge on any atom is -0.455 e. The zero-order valence-corrected chi connectivity index (χ0v) is 12.0. The van der Waals surface area contributed by atoms with Gasteiger partial charge in [-0.3, -0.25) is 9.78 Å². The van der Waals surface area contributed by atoms with Crippen LogP contribution in [-0.4, -0.2) is 16.7 Å². The number of carbonyl (C=O) groups is 2. The van der Waals surface area contributed by atoms with Gasteiger partial charge in [0, 0.05) is 22.4 Å². The zero-order chi connectivity index (χ0) is 15.9. The standard InChI is InChI=1S/C16H12N2O4/c1-8-13(9(2)19)14(10-5-3-4-6-11(10)18-21)15-12(17-8)7-22-16(15)20/h3-6H,7H2,1-2H3. The molecule has 0 radical (unpaired) electrons. The molecule has 6 nitrogen and oxygen atoms in total. The lowest BCUT2D eigenvalue weighted by Crippen LogP contribution is -2.09. The first-order valence-corrected chi connectivity index (χ1v) is 6.69. The average Bonchev–Trinajstić information content (AvgIpc) is 2.86. The van der Waals surface area contributed by atoms with E-state index in [9.17, 15) is 14.5 Å². The quantitative estimate of drug-likeness (QED) is 0.492. The predicted octanol–water partition coefficient (Wildman–Crippen LogP) is 3.33. The highest BCUT2D eigenvalue weighted by Gasteiger charge is 2.32. The molecule has 0 N–H and O–H groups in total. The summed E-state index contributed by atoms with van der Waals surface area (Å²) in [6, 6.07) is 6.58. The molecule has 0 unspecified atom stereocenters. The first-order chi connectivity index (χ1) is 10.5. The number of ether oxygens (including phenoxy) is 1. The van der Waals surface area contributed by atoms with Gasteiger partial charge < -0.3 is 4.74 Å². The van der Waals surface area contributed by atoms with Crippen molar-refractivity contribution in [1.29, 1.82) is 0 Å². The minimum atomic E-state index is -0.541. The Morgan fingerprint density at radius 3 is 2.68 bits per heavy atom. The number of Topliss-reactive ketones (excluding diaryl/α,β-unsaturated/α-hetero) is 1. The van der Waals surface area contributed by atoms with Gasteiger partial charge in [0.15, 0.2) is 5.78 Å². The Morgan fingerprint density at radius 2 is 2.00 bits per heavy atom. The van der Waals surface area contributed by atoms with E-state index in [0.717, 1.165) is 0 Å². The van der Waals surface area contributed by atoms with Crippen LogP contribution in [0.25, 0.3) is 11.1 Å². The van der Waals surface area contributed by atoms with Crippen LogP contribution in [-0.2, 0) is 11.3 Å². The van der Waals surface area contributed by atoms with E-state index < -0.39 is 5.97 Å². The number of hydrogen-bond donors (Lipinski definition) is 0. The number of esters is 1. The summed E-state index contributed by atoms with van der Waals surface area (Å²) in [4.78, 5) is 39.5. The summed E-state index contributed by atoms with van der Waals surface area (Å²) in [6.45, 7) is 3.16. The van der Waals surface area contributed by atoms with Crippen molar-refractivity contribution in [3.05, 3.63) is 51.7 Å². The molecule has 1 aliphatic rings. The molecule has 1 aromatic carbocycles. The van der Waals surface area contributed by atoms with Gasteiger partial charge in [-0.1, -0.05) is 18.2 Å². The number of cyclic esters (lactones) is 1. The number of aromatic nitrogens is 1. The highest BCUT2D eigenvalue weighted by molar-refractivity contribution is 6.10. The molecule has 0 aliphatic carbocycles. The molecule has 0 bridgehead atoms. The number of aryl methyl sites for hydroxylation is 1. The summed E-state index contributed by atoms with van der Waals surface area (Å²) < 4.78 is 5.03. The monoisotopic (exact) mass is 296 g/mol. The summed E-state index contributed by atoms with van der Waals surface area (Å²) in [5.41, 5.74) is 2.51. The maximum absolute atomic E-state index is 12.1. The number of benzene rings is 1. The van der Waals surface area contributed by atoms with E-state index >= 15 is 0 Å². The number of rotatable bonds is 3. The number of carbonyl (C=O) groups excluding carboxylic acids is 2. The summed E-state index contributed by atoms with van der Waals surface area (Å²) in [7, 11) is 0. The van der Waals surface area contributed by atoms with Crippen molar-refractivity contribution in [2.75, 3.05) is 0 Å². The molecule has 0 saturated carbocycles. The van der Waals surface area contributed by atoms with Crippen LogP contribution >= 0.6 is 0 Å². The Balaban J connectivity index is 2.46. The predicted molar refractivity (Wildman–Crippen MR) is 79.0 cm³/mol. The van der Waals surface area contributed by atoms with Crippen LogP contribution in [0.3, 0.4) is 0 Å². The molecule has 110 valence electrons.